The molecule has 0 unspecified atom stereocenters. The minimum absolute atomic E-state index is 0.983. The molecule has 10 aromatic carbocycles. The Hall–Kier alpha value is -8.73. The zero-order chi connectivity index (χ0) is 42.6. The van der Waals surface area contributed by atoms with Crippen molar-refractivity contribution in [2.45, 2.75) is 0 Å². The molecule has 4 nitrogen and oxygen atoms in total. The van der Waals surface area contributed by atoms with Crippen LogP contribution in [0.2, 0.25) is 0 Å². The molecule has 0 bridgehead atoms. The van der Waals surface area contributed by atoms with E-state index in [1.54, 1.807) is 0 Å². The molecule has 0 spiro atoms. The molecule has 0 saturated heterocycles. The predicted octanol–water partition coefficient (Wildman–Crippen LogP) is 16.0. The zero-order valence-electron chi connectivity index (χ0n) is 35.2. The highest BCUT2D eigenvalue weighted by molar-refractivity contribution is 6.28. The molecule has 14 rings (SSSR count). The predicted molar refractivity (Wildman–Crippen MR) is 273 cm³/mol. The molecule has 14 aromatic rings. The molecule has 4 heterocycles. The number of hydrogen-bond donors (Lipinski definition) is 0. The lowest BCUT2D eigenvalue weighted by atomic mass is 9.95. The van der Waals surface area contributed by atoms with Gasteiger partial charge in [-0.3, -0.25) is 0 Å². The number of fused-ring (bicyclic) bond motifs is 13. The molecule has 0 radical (unpaired) electrons. The first-order valence-electron chi connectivity index (χ1n) is 22.3. The van der Waals surface area contributed by atoms with Crippen LogP contribution in [0.4, 0.5) is 0 Å². The van der Waals surface area contributed by atoms with Crippen molar-refractivity contribution in [1.82, 2.24) is 18.7 Å². The van der Waals surface area contributed by atoms with Gasteiger partial charge < -0.3 is 13.7 Å². The highest BCUT2D eigenvalue weighted by Gasteiger charge is 2.21. The van der Waals surface area contributed by atoms with Gasteiger partial charge in [0.15, 0.2) is 0 Å². The van der Waals surface area contributed by atoms with Gasteiger partial charge in [-0.15, -0.1) is 0 Å². The molecular formula is C61H38N4. The standard InChI is InChI=1S/C61H38N4/c1-2-16-42(17-3-1)63-57-29-15-9-23-51(57)59-58(63)35-34-50-45-18-4-10-24-52(45)62-61(60(50)59)40-32-30-39(31-33-40)41-36-43(64-53-25-11-5-19-46(53)47-20-6-12-26-54(47)64)38-44(37-41)65-55-27-13-7-21-48(55)49-22-8-14-28-56(49)65/h1-38H. The molecule has 0 atom stereocenters. The molecule has 0 aliphatic rings. The van der Waals surface area contributed by atoms with Gasteiger partial charge in [-0.05, 0) is 89.3 Å². The molecule has 4 heteroatoms. The topological polar surface area (TPSA) is 27.7 Å². The fourth-order valence-electron chi connectivity index (χ4n) is 10.8. The molecule has 0 aliphatic heterocycles. The van der Waals surface area contributed by atoms with Crippen LogP contribution in [0.25, 0.3) is 127 Å². The molecule has 0 aliphatic carbocycles. The first-order valence-corrected chi connectivity index (χ1v) is 22.3. The maximum Gasteiger partial charge on any atom is 0.0795 e. The van der Waals surface area contributed by atoms with E-state index in [9.17, 15) is 0 Å². The second-order valence-corrected chi connectivity index (χ2v) is 17.1. The molecule has 0 fully saturated rings. The van der Waals surface area contributed by atoms with Crippen LogP contribution < -0.4 is 0 Å². The maximum absolute atomic E-state index is 5.51. The van der Waals surface area contributed by atoms with Crippen LogP contribution in [0.1, 0.15) is 0 Å². The van der Waals surface area contributed by atoms with Crippen molar-refractivity contribution in [2.75, 3.05) is 0 Å². The summed E-state index contributed by atoms with van der Waals surface area (Å²) in [7, 11) is 0. The van der Waals surface area contributed by atoms with Crippen LogP contribution in [-0.2, 0) is 0 Å². The third-order valence-corrected chi connectivity index (χ3v) is 13.6. The van der Waals surface area contributed by atoms with Crippen molar-refractivity contribution in [2.24, 2.45) is 0 Å². The number of benzene rings is 10. The lowest BCUT2D eigenvalue weighted by Crippen LogP contribution is -2.00. The van der Waals surface area contributed by atoms with E-state index in [1.807, 2.05) is 0 Å². The molecular weight excluding hydrogens is 789 g/mol. The van der Waals surface area contributed by atoms with E-state index in [0.29, 0.717) is 0 Å². The average Bonchev–Trinajstić information content (AvgIpc) is 4.02. The summed E-state index contributed by atoms with van der Waals surface area (Å²) in [6.07, 6.45) is 0. The van der Waals surface area contributed by atoms with E-state index >= 15 is 0 Å². The lowest BCUT2D eigenvalue weighted by molar-refractivity contribution is 1.13. The number of para-hydroxylation sites is 7. The Labute approximate surface area is 374 Å². The molecule has 65 heavy (non-hydrogen) atoms. The quantitative estimate of drug-likeness (QED) is 0.159. The van der Waals surface area contributed by atoms with Crippen molar-refractivity contribution in [3.8, 4) is 39.4 Å². The highest BCUT2D eigenvalue weighted by Crippen LogP contribution is 2.44. The summed E-state index contributed by atoms with van der Waals surface area (Å²) in [6, 6.07) is 83.9. The maximum atomic E-state index is 5.51. The Morgan fingerprint density at radius 1 is 0.246 bits per heavy atom. The van der Waals surface area contributed by atoms with Gasteiger partial charge in [-0.1, -0.05) is 158 Å². The zero-order valence-corrected chi connectivity index (χ0v) is 35.2. The third kappa shape index (κ3) is 5.28. The number of nitrogens with zero attached hydrogens (tertiary/aromatic N) is 4. The monoisotopic (exact) mass is 826 g/mol. The Morgan fingerprint density at radius 2 is 0.677 bits per heavy atom. The molecule has 0 amide bonds. The lowest BCUT2D eigenvalue weighted by Gasteiger charge is -2.16. The van der Waals surface area contributed by atoms with Crippen molar-refractivity contribution in [1.29, 1.82) is 0 Å². The Balaban J connectivity index is 1.02. The van der Waals surface area contributed by atoms with Crippen molar-refractivity contribution in [3.63, 3.8) is 0 Å². The van der Waals surface area contributed by atoms with Crippen molar-refractivity contribution >= 4 is 87.1 Å². The van der Waals surface area contributed by atoms with E-state index in [4.69, 9.17) is 4.98 Å². The van der Waals surface area contributed by atoms with E-state index < -0.39 is 0 Å². The minimum atomic E-state index is 0.983. The normalized spacial score (nSPS) is 12.0. The second-order valence-electron chi connectivity index (χ2n) is 17.1. The van der Waals surface area contributed by atoms with Crippen molar-refractivity contribution in [3.05, 3.63) is 231 Å². The molecule has 302 valence electrons. The molecule has 4 aromatic heterocycles. The number of aromatic nitrogens is 4. The number of rotatable bonds is 5. The fourth-order valence-corrected chi connectivity index (χ4v) is 10.8. The van der Waals surface area contributed by atoms with Crippen LogP contribution in [0.3, 0.4) is 0 Å². The SMILES string of the molecule is c1ccc(-n2c3ccccc3c3c4c(-c5ccc(-c6cc(-n7c8ccccc8c8ccccc87)cc(-n7c8ccccc8c8ccccc87)c6)cc5)nc5ccccc5c4ccc32)cc1. The largest absolute Gasteiger partial charge is 0.309 e. The van der Waals surface area contributed by atoms with E-state index in [0.717, 1.165) is 50.3 Å². The van der Waals surface area contributed by atoms with Gasteiger partial charge in [0, 0.05) is 65.7 Å². The van der Waals surface area contributed by atoms with E-state index in [-0.39, 0.29) is 0 Å². The van der Waals surface area contributed by atoms with Crippen LogP contribution in [0.15, 0.2) is 231 Å². The third-order valence-electron chi connectivity index (χ3n) is 13.6. The summed E-state index contributed by atoms with van der Waals surface area (Å²) in [5.74, 6) is 0. The summed E-state index contributed by atoms with van der Waals surface area (Å²) in [5, 5.41) is 10.9. The minimum Gasteiger partial charge on any atom is -0.309 e. The highest BCUT2D eigenvalue weighted by atomic mass is 15.0. The summed E-state index contributed by atoms with van der Waals surface area (Å²) < 4.78 is 7.26. The van der Waals surface area contributed by atoms with Crippen LogP contribution in [0, 0.1) is 0 Å². The Bertz CT molecular complexity index is 3990. The summed E-state index contributed by atoms with van der Waals surface area (Å²) >= 11 is 0. The first kappa shape index (κ1) is 35.8. The van der Waals surface area contributed by atoms with Gasteiger partial charge in [0.2, 0.25) is 0 Å². The van der Waals surface area contributed by atoms with Gasteiger partial charge >= 0.3 is 0 Å². The Morgan fingerprint density at radius 3 is 1.23 bits per heavy atom. The van der Waals surface area contributed by atoms with Gasteiger partial charge in [-0.25, -0.2) is 4.98 Å². The van der Waals surface area contributed by atoms with Gasteiger partial charge in [0.05, 0.1) is 44.3 Å². The summed E-state index contributed by atoms with van der Waals surface area (Å²) in [4.78, 5) is 5.51. The summed E-state index contributed by atoms with van der Waals surface area (Å²) in [6.45, 7) is 0. The fraction of sp³-hybridized carbons (Fsp3) is 0. The first-order chi connectivity index (χ1) is 32.3. The number of pyridine rings is 1. The summed E-state index contributed by atoms with van der Waals surface area (Å²) in [5.41, 5.74) is 15.8. The van der Waals surface area contributed by atoms with E-state index in [2.05, 4.69) is 244 Å². The average molecular weight is 827 g/mol. The second kappa shape index (κ2) is 13.9. The van der Waals surface area contributed by atoms with Crippen LogP contribution >= 0.6 is 0 Å². The number of hydrogen-bond acceptors (Lipinski definition) is 1. The van der Waals surface area contributed by atoms with Gasteiger partial charge in [0.1, 0.15) is 0 Å². The van der Waals surface area contributed by atoms with E-state index in [1.165, 1.54) is 76.2 Å². The molecule has 0 N–H and O–H groups in total. The van der Waals surface area contributed by atoms with Gasteiger partial charge in [-0.2, -0.15) is 0 Å². The van der Waals surface area contributed by atoms with Crippen LogP contribution in [-0.4, -0.2) is 18.7 Å². The van der Waals surface area contributed by atoms with Crippen LogP contribution in [0.5, 0.6) is 0 Å². The Kier molecular flexibility index (Phi) is 7.65. The smallest absolute Gasteiger partial charge is 0.0795 e. The molecule has 0 saturated carbocycles. The van der Waals surface area contributed by atoms with Gasteiger partial charge in [0.25, 0.3) is 0 Å². The van der Waals surface area contributed by atoms with Crippen molar-refractivity contribution < 1.29 is 0 Å².